The molecule has 0 amide bonds. The molecule has 0 saturated carbocycles. The predicted molar refractivity (Wildman–Crippen MR) is 47.7 cm³/mol. The first-order valence-corrected chi connectivity index (χ1v) is 4.68. The van der Waals surface area contributed by atoms with E-state index in [0.29, 0.717) is 0 Å². The molecule has 0 spiro atoms. The maximum Gasteiger partial charge on any atom is 0.343 e. The van der Waals surface area contributed by atoms with Gasteiger partial charge < -0.3 is 51.1 Å². The minimum atomic E-state index is -4.34. The third-order valence-electron chi connectivity index (χ3n) is 2.76. The highest BCUT2D eigenvalue weighted by Gasteiger charge is 2.88. The highest BCUT2D eigenvalue weighted by molar-refractivity contribution is 5.15. The lowest BCUT2D eigenvalue weighted by atomic mass is 9.82. The van der Waals surface area contributed by atoms with Crippen LogP contribution in [-0.4, -0.2) is 93.6 Å². The molecule has 0 aromatic heterocycles. The number of hydrogen-bond acceptors (Lipinski definition) is 12. The minimum absolute atomic E-state index is 1.48. The maximum atomic E-state index is 9.84. The zero-order valence-corrected chi connectivity index (χ0v) is 9.20. The number of ether oxygens (including phenoxy) is 2. The molecule has 0 aromatic carbocycles. The van der Waals surface area contributed by atoms with Crippen molar-refractivity contribution in [1.82, 2.24) is 0 Å². The highest BCUT2D eigenvalue weighted by atomic mass is 17.0. The van der Waals surface area contributed by atoms with Crippen molar-refractivity contribution in [3.8, 4) is 0 Å². The molecule has 0 aromatic rings. The third-order valence-corrected chi connectivity index (χ3v) is 2.76. The van der Waals surface area contributed by atoms with E-state index in [-0.39, 0.29) is 0 Å². The van der Waals surface area contributed by atoms with Crippen LogP contribution >= 0.6 is 0 Å². The van der Waals surface area contributed by atoms with Gasteiger partial charge in [-0.3, -0.25) is 9.47 Å². The summed E-state index contributed by atoms with van der Waals surface area (Å²) in [6.07, 6.45) is 0. The first kappa shape index (κ1) is 16.6. The Morgan fingerprint density at radius 3 is 1.79 bits per heavy atom. The summed E-state index contributed by atoms with van der Waals surface area (Å²) in [5.74, 6) is -16.3. The Morgan fingerprint density at radius 2 is 1.42 bits per heavy atom. The van der Waals surface area contributed by atoms with Gasteiger partial charge in [0.05, 0.1) is 0 Å². The van der Waals surface area contributed by atoms with Crippen molar-refractivity contribution in [3.63, 3.8) is 0 Å². The molecule has 19 heavy (non-hydrogen) atoms. The second-order valence-corrected chi connectivity index (χ2v) is 3.92. The number of hydrogen-bond donors (Lipinski definition) is 10. The fourth-order valence-corrected chi connectivity index (χ4v) is 1.66. The van der Waals surface area contributed by atoms with Crippen LogP contribution in [0.3, 0.4) is 0 Å². The molecule has 10 N–H and O–H groups in total. The van der Waals surface area contributed by atoms with Crippen molar-refractivity contribution in [1.29, 1.82) is 0 Å². The monoisotopic (exact) mass is 290 g/mol. The van der Waals surface area contributed by atoms with Gasteiger partial charge in [-0.15, -0.1) is 0 Å². The summed E-state index contributed by atoms with van der Waals surface area (Å²) in [7, 11) is 0. The first-order valence-electron chi connectivity index (χ1n) is 4.68. The SMILES string of the molecule is OCOC1(O)OC(O)(O)C(O)(O)C1(O)C(O)(O)CO. The van der Waals surface area contributed by atoms with Crippen LogP contribution in [0.5, 0.6) is 0 Å². The highest BCUT2D eigenvalue weighted by Crippen LogP contribution is 2.52. The van der Waals surface area contributed by atoms with E-state index in [0.717, 1.165) is 0 Å². The van der Waals surface area contributed by atoms with Gasteiger partial charge in [0, 0.05) is 0 Å². The molecule has 1 heterocycles. The summed E-state index contributed by atoms with van der Waals surface area (Å²) in [6.45, 7) is -3.30. The summed E-state index contributed by atoms with van der Waals surface area (Å²) in [5.41, 5.74) is -4.20. The van der Waals surface area contributed by atoms with Crippen LogP contribution in [-0.2, 0) is 9.47 Å². The van der Waals surface area contributed by atoms with Crippen LogP contribution in [0.25, 0.3) is 0 Å². The van der Waals surface area contributed by atoms with E-state index < -0.39 is 42.5 Å². The van der Waals surface area contributed by atoms with Crippen molar-refractivity contribution in [2.45, 2.75) is 29.1 Å². The quantitative estimate of drug-likeness (QED) is 0.218. The van der Waals surface area contributed by atoms with Gasteiger partial charge in [-0.2, -0.15) is 0 Å². The number of aliphatic hydroxyl groups is 10. The normalized spacial score (nSPS) is 37.6. The van der Waals surface area contributed by atoms with Crippen LogP contribution in [0, 0.1) is 0 Å². The summed E-state index contributed by atoms with van der Waals surface area (Å²) >= 11 is 0. The van der Waals surface area contributed by atoms with E-state index in [1.807, 2.05) is 0 Å². The van der Waals surface area contributed by atoms with Crippen molar-refractivity contribution in [2.24, 2.45) is 0 Å². The third kappa shape index (κ3) is 1.79. The Balaban J connectivity index is 3.52. The van der Waals surface area contributed by atoms with E-state index in [2.05, 4.69) is 9.47 Å². The molecule has 12 heteroatoms. The molecule has 1 aliphatic rings. The van der Waals surface area contributed by atoms with Gasteiger partial charge in [-0.05, 0) is 0 Å². The Labute approximate surface area is 104 Å². The van der Waals surface area contributed by atoms with E-state index >= 15 is 0 Å². The van der Waals surface area contributed by atoms with Crippen LogP contribution < -0.4 is 0 Å². The summed E-state index contributed by atoms with van der Waals surface area (Å²) < 4.78 is 7.73. The molecule has 2 atom stereocenters. The summed E-state index contributed by atoms with van der Waals surface area (Å²) in [5, 5.41) is 92.3. The van der Waals surface area contributed by atoms with Crippen LogP contribution in [0.1, 0.15) is 0 Å². The van der Waals surface area contributed by atoms with Gasteiger partial charge >= 0.3 is 11.9 Å². The van der Waals surface area contributed by atoms with Gasteiger partial charge in [0.15, 0.2) is 0 Å². The van der Waals surface area contributed by atoms with Gasteiger partial charge in [0.2, 0.25) is 5.79 Å². The number of aliphatic hydroxyl groups excluding tert-OH is 2. The second-order valence-electron chi connectivity index (χ2n) is 3.92. The molecular formula is C7H14O12. The predicted octanol–water partition coefficient (Wildman–Crippen LogP) is -6.65. The van der Waals surface area contributed by atoms with Gasteiger partial charge in [-0.1, -0.05) is 0 Å². The zero-order chi connectivity index (χ0) is 15.3. The molecule has 12 nitrogen and oxygen atoms in total. The Hall–Kier alpha value is -0.480. The molecule has 1 aliphatic heterocycles. The van der Waals surface area contributed by atoms with E-state index in [1.165, 1.54) is 0 Å². The first-order chi connectivity index (χ1) is 8.33. The lowest BCUT2D eigenvalue weighted by Gasteiger charge is -2.45. The summed E-state index contributed by atoms with van der Waals surface area (Å²) in [6, 6.07) is 0. The second kappa shape index (κ2) is 4.26. The zero-order valence-electron chi connectivity index (χ0n) is 9.20. The van der Waals surface area contributed by atoms with Crippen molar-refractivity contribution in [2.75, 3.05) is 13.4 Å². The van der Waals surface area contributed by atoms with Gasteiger partial charge in [0.25, 0.3) is 11.4 Å². The van der Waals surface area contributed by atoms with Crippen molar-refractivity contribution < 1.29 is 60.5 Å². The number of rotatable bonds is 4. The molecule has 1 saturated heterocycles. The van der Waals surface area contributed by atoms with Crippen molar-refractivity contribution in [3.05, 3.63) is 0 Å². The maximum absolute atomic E-state index is 9.84. The fraction of sp³-hybridized carbons (Fsp3) is 1.00. The van der Waals surface area contributed by atoms with Gasteiger partial charge in [0.1, 0.15) is 13.4 Å². The molecular weight excluding hydrogens is 276 g/mol. The van der Waals surface area contributed by atoms with Crippen LogP contribution in [0.15, 0.2) is 0 Å². The molecule has 1 rings (SSSR count). The lowest BCUT2D eigenvalue weighted by molar-refractivity contribution is -0.488. The van der Waals surface area contributed by atoms with Crippen molar-refractivity contribution >= 4 is 0 Å². The topological polar surface area (TPSA) is 221 Å². The fourth-order valence-electron chi connectivity index (χ4n) is 1.66. The molecule has 114 valence electrons. The average Bonchev–Trinajstić information content (AvgIpc) is 2.36. The Bertz CT molecular complexity index is 352. The molecule has 2 unspecified atom stereocenters. The standard InChI is InChI=1S/C7H14O12/c8-1-3(10,11)4(12)5(13,14)6(15,16)19-7(4,17)18-2-9/h8-17H,1-2H2. The van der Waals surface area contributed by atoms with E-state index in [4.69, 9.17) is 20.4 Å². The van der Waals surface area contributed by atoms with E-state index in [1.54, 1.807) is 0 Å². The molecule has 0 bridgehead atoms. The smallest absolute Gasteiger partial charge is 0.343 e. The molecule has 0 radical (unpaired) electrons. The Kier molecular flexibility index (Phi) is 3.71. The van der Waals surface area contributed by atoms with Crippen LogP contribution in [0.2, 0.25) is 0 Å². The molecule has 1 fully saturated rings. The van der Waals surface area contributed by atoms with Gasteiger partial charge in [-0.25, -0.2) is 0 Å². The van der Waals surface area contributed by atoms with Crippen LogP contribution in [0.4, 0.5) is 0 Å². The average molecular weight is 290 g/mol. The largest absolute Gasteiger partial charge is 0.391 e. The summed E-state index contributed by atoms with van der Waals surface area (Å²) in [4.78, 5) is 0. The lowest BCUT2D eigenvalue weighted by Crippen LogP contribution is -2.78. The van der Waals surface area contributed by atoms with E-state index in [9.17, 15) is 30.6 Å². The molecule has 0 aliphatic carbocycles. The Morgan fingerprint density at radius 1 is 0.947 bits per heavy atom. The minimum Gasteiger partial charge on any atom is -0.391 e.